The Labute approximate surface area is 240 Å². The number of aryl methyl sites for hydroxylation is 1. The van der Waals surface area contributed by atoms with Gasteiger partial charge in [0.1, 0.15) is 23.1 Å². The lowest BCUT2D eigenvalue weighted by atomic mass is 9.88. The number of nitrogens with zero attached hydrogens (tertiary/aromatic N) is 4. The van der Waals surface area contributed by atoms with Crippen LogP contribution < -0.4 is 4.74 Å². The number of para-hydroxylation sites is 1. The number of hydrogen-bond acceptors (Lipinski definition) is 5. The number of ether oxygens (including phenoxy) is 2. The van der Waals surface area contributed by atoms with Gasteiger partial charge in [-0.05, 0) is 81.4 Å². The molecule has 2 saturated heterocycles. The number of pyridine rings is 1. The van der Waals surface area contributed by atoms with Crippen molar-refractivity contribution in [3.63, 3.8) is 0 Å². The molecule has 1 amide bonds. The van der Waals surface area contributed by atoms with E-state index >= 15 is 0 Å². The van der Waals surface area contributed by atoms with Crippen LogP contribution >= 0.6 is 0 Å². The van der Waals surface area contributed by atoms with Gasteiger partial charge in [-0.2, -0.15) is 5.10 Å². The SMILES string of the molecule is COc1cc(C=O)cn2nc(-c3cc4cccc(C5CCN(C(=O)C6CCCCO6)CC5)c4n3CC3CC3)c(C)c12. The van der Waals surface area contributed by atoms with Crippen LogP contribution in [0.25, 0.3) is 27.8 Å². The Morgan fingerprint density at radius 1 is 1.10 bits per heavy atom. The van der Waals surface area contributed by atoms with Crippen LogP contribution in [0.1, 0.15) is 72.3 Å². The fraction of sp³-hybridized carbons (Fsp3) is 0.485. The molecule has 1 unspecified atom stereocenters. The van der Waals surface area contributed by atoms with Crippen molar-refractivity contribution >= 4 is 28.6 Å². The number of hydrogen-bond donors (Lipinski definition) is 0. The Bertz CT molecular complexity index is 1620. The zero-order valence-corrected chi connectivity index (χ0v) is 24.0. The fourth-order valence-electron chi connectivity index (χ4n) is 6.95. The molecule has 1 aliphatic carbocycles. The molecule has 0 bridgehead atoms. The lowest BCUT2D eigenvalue weighted by Crippen LogP contribution is -2.45. The number of aromatic nitrogens is 3. The highest BCUT2D eigenvalue weighted by atomic mass is 16.5. The van der Waals surface area contributed by atoms with Crippen molar-refractivity contribution in [1.29, 1.82) is 0 Å². The summed E-state index contributed by atoms with van der Waals surface area (Å²) < 4.78 is 15.7. The normalized spacial score (nSPS) is 20.1. The van der Waals surface area contributed by atoms with Gasteiger partial charge in [-0.1, -0.05) is 18.2 Å². The van der Waals surface area contributed by atoms with Gasteiger partial charge in [-0.15, -0.1) is 0 Å². The Morgan fingerprint density at radius 3 is 2.63 bits per heavy atom. The van der Waals surface area contributed by atoms with Crippen LogP contribution in [0.5, 0.6) is 5.75 Å². The molecule has 1 aromatic carbocycles. The Balaban J connectivity index is 1.26. The molecule has 0 N–H and O–H groups in total. The molecule has 41 heavy (non-hydrogen) atoms. The largest absolute Gasteiger partial charge is 0.494 e. The van der Waals surface area contributed by atoms with Crippen molar-refractivity contribution in [2.45, 2.75) is 70.4 Å². The minimum Gasteiger partial charge on any atom is -0.494 e. The van der Waals surface area contributed by atoms with Crippen LogP contribution in [-0.2, 0) is 16.1 Å². The lowest BCUT2D eigenvalue weighted by molar-refractivity contribution is -0.147. The molecule has 3 fully saturated rings. The van der Waals surface area contributed by atoms with Crippen LogP contribution in [-0.4, -0.2) is 64.2 Å². The standard InChI is InChI=1S/C33H38N4O4/c1-21-30(34-37-19-23(20-38)16-29(40-2)31(21)37)27-17-25-6-5-7-26(32(25)36(27)18-22-9-10-22)24-11-13-35(14-12-24)33(39)28-8-3-4-15-41-28/h5-7,16-17,19-20,22,24,28H,3-4,8-15,18H2,1-2H3. The molecule has 7 rings (SSSR count). The van der Waals surface area contributed by atoms with Crippen LogP contribution in [0, 0.1) is 12.8 Å². The smallest absolute Gasteiger partial charge is 0.251 e. The predicted octanol–water partition coefficient (Wildman–Crippen LogP) is 5.77. The summed E-state index contributed by atoms with van der Waals surface area (Å²) in [5.41, 5.74) is 7.15. The third kappa shape index (κ3) is 4.72. The summed E-state index contributed by atoms with van der Waals surface area (Å²) in [6.45, 7) is 5.31. The monoisotopic (exact) mass is 554 g/mol. The summed E-state index contributed by atoms with van der Waals surface area (Å²) in [4.78, 5) is 26.7. The van der Waals surface area contributed by atoms with Crippen LogP contribution in [0.2, 0.25) is 0 Å². The second kappa shape index (κ2) is 10.6. The number of amides is 1. The molecule has 8 nitrogen and oxygen atoms in total. The van der Waals surface area contributed by atoms with Crippen molar-refractivity contribution in [2.24, 2.45) is 5.92 Å². The predicted molar refractivity (Wildman–Crippen MR) is 158 cm³/mol. The molecule has 5 heterocycles. The summed E-state index contributed by atoms with van der Waals surface area (Å²) in [5.74, 6) is 1.90. The number of benzene rings is 1. The Hall–Kier alpha value is -3.65. The van der Waals surface area contributed by atoms with Gasteiger partial charge in [-0.25, -0.2) is 4.52 Å². The van der Waals surface area contributed by atoms with E-state index in [1.54, 1.807) is 23.9 Å². The van der Waals surface area contributed by atoms with Gasteiger partial charge in [0.15, 0.2) is 6.29 Å². The van der Waals surface area contributed by atoms with E-state index in [1.165, 1.54) is 29.3 Å². The highest BCUT2D eigenvalue weighted by Crippen LogP contribution is 2.41. The number of carbonyl (C=O) groups excluding carboxylic acids is 2. The summed E-state index contributed by atoms with van der Waals surface area (Å²) in [6.07, 6.45) is 9.76. The minimum atomic E-state index is -0.253. The zero-order valence-electron chi connectivity index (χ0n) is 24.0. The van der Waals surface area contributed by atoms with Crippen molar-refractivity contribution in [1.82, 2.24) is 19.1 Å². The molecule has 3 aromatic heterocycles. The average molecular weight is 555 g/mol. The van der Waals surface area contributed by atoms with E-state index in [9.17, 15) is 9.59 Å². The maximum absolute atomic E-state index is 13.1. The Morgan fingerprint density at radius 2 is 1.93 bits per heavy atom. The van der Waals surface area contributed by atoms with Crippen molar-refractivity contribution in [3.8, 4) is 17.1 Å². The molecule has 1 atom stereocenters. The van der Waals surface area contributed by atoms with Crippen molar-refractivity contribution in [3.05, 3.63) is 53.2 Å². The number of aldehydes is 1. The number of fused-ring (bicyclic) bond motifs is 2. The second-order valence-corrected chi connectivity index (χ2v) is 12.0. The number of carbonyl (C=O) groups is 2. The van der Waals surface area contributed by atoms with Gasteiger partial charge in [0.2, 0.25) is 0 Å². The molecule has 0 radical (unpaired) electrons. The molecule has 1 saturated carbocycles. The average Bonchev–Trinajstić information content (AvgIpc) is 3.69. The molecule has 0 spiro atoms. The maximum Gasteiger partial charge on any atom is 0.251 e. The van der Waals surface area contributed by atoms with E-state index < -0.39 is 0 Å². The van der Waals surface area contributed by atoms with E-state index in [1.807, 2.05) is 4.90 Å². The van der Waals surface area contributed by atoms with Gasteiger partial charge in [0.25, 0.3) is 5.91 Å². The molecule has 3 aliphatic rings. The third-order valence-corrected chi connectivity index (χ3v) is 9.34. The summed E-state index contributed by atoms with van der Waals surface area (Å²) in [6, 6.07) is 10.7. The summed E-state index contributed by atoms with van der Waals surface area (Å²) in [5, 5.41) is 6.23. The van der Waals surface area contributed by atoms with E-state index in [4.69, 9.17) is 14.6 Å². The number of rotatable bonds is 7. The van der Waals surface area contributed by atoms with Crippen LogP contribution in [0.15, 0.2) is 36.5 Å². The first-order chi connectivity index (χ1) is 20.1. The van der Waals surface area contributed by atoms with Gasteiger partial charge >= 0.3 is 0 Å². The first kappa shape index (κ1) is 26.3. The topological polar surface area (TPSA) is 78.1 Å². The van der Waals surface area contributed by atoms with Gasteiger partial charge < -0.3 is 18.9 Å². The van der Waals surface area contributed by atoms with Gasteiger partial charge in [-0.3, -0.25) is 9.59 Å². The second-order valence-electron chi connectivity index (χ2n) is 12.0. The summed E-state index contributed by atoms with van der Waals surface area (Å²) in [7, 11) is 1.63. The molecule has 8 heteroatoms. The first-order valence-electron chi connectivity index (χ1n) is 15.1. The lowest BCUT2D eigenvalue weighted by Gasteiger charge is -2.35. The van der Waals surface area contributed by atoms with Gasteiger partial charge in [0.05, 0.1) is 18.3 Å². The number of methoxy groups -OCH3 is 1. The van der Waals surface area contributed by atoms with Gasteiger partial charge in [0, 0.05) is 49.0 Å². The third-order valence-electron chi connectivity index (χ3n) is 9.34. The fourth-order valence-corrected chi connectivity index (χ4v) is 6.95. The number of piperidine rings is 1. The summed E-state index contributed by atoms with van der Waals surface area (Å²) >= 11 is 0. The highest BCUT2D eigenvalue weighted by molar-refractivity contribution is 5.91. The quantitative estimate of drug-likeness (QED) is 0.271. The zero-order chi connectivity index (χ0) is 28.1. The molecular formula is C33H38N4O4. The highest BCUT2D eigenvalue weighted by Gasteiger charge is 2.32. The first-order valence-corrected chi connectivity index (χ1v) is 15.1. The Kier molecular flexibility index (Phi) is 6.81. The van der Waals surface area contributed by atoms with E-state index in [2.05, 4.69) is 35.8 Å². The maximum atomic E-state index is 13.1. The van der Waals surface area contributed by atoms with E-state index in [-0.39, 0.29) is 12.0 Å². The van der Waals surface area contributed by atoms with E-state index in [0.717, 1.165) is 80.5 Å². The number of likely N-dealkylation sites (tertiary alicyclic amines) is 1. The van der Waals surface area contributed by atoms with E-state index in [0.29, 0.717) is 29.8 Å². The van der Waals surface area contributed by atoms with Crippen LogP contribution in [0.4, 0.5) is 0 Å². The molecule has 2 aliphatic heterocycles. The van der Waals surface area contributed by atoms with Crippen molar-refractivity contribution < 1.29 is 19.1 Å². The molecule has 4 aromatic rings. The minimum absolute atomic E-state index is 0.177. The molecule has 214 valence electrons. The van der Waals surface area contributed by atoms with Crippen LogP contribution in [0.3, 0.4) is 0 Å². The van der Waals surface area contributed by atoms with Crippen molar-refractivity contribution in [2.75, 3.05) is 26.8 Å². The molecular weight excluding hydrogens is 516 g/mol.